The summed E-state index contributed by atoms with van der Waals surface area (Å²) in [5, 5.41) is 8.94. The van der Waals surface area contributed by atoms with Crippen molar-refractivity contribution in [1.82, 2.24) is 0 Å². The number of nitrogens with two attached hydrogens (primary N) is 1. The molecule has 1 rings (SSSR count). The monoisotopic (exact) mass is 289 g/mol. The van der Waals surface area contributed by atoms with E-state index in [4.69, 9.17) is 15.6 Å². The molecule has 0 aliphatic carbocycles. The van der Waals surface area contributed by atoms with Gasteiger partial charge in [0.2, 0.25) is 0 Å². The Hall–Kier alpha value is -1.05. The summed E-state index contributed by atoms with van der Waals surface area (Å²) < 4.78 is 54.7. The molecular formula is C10H12ClF4NO2. The first-order valence-electron chi connectivity index (χ1n) is 4.61. The second kappa shape index (κ2) is 6.21. The Morgan fingerprint density at radius 3 is 2.33 bits per heavy atom. The highest BCUT2D eigenvalue weighted by Crippen LogP contribution is 2.31. The van der Waals surface area contributed by atoms with Gasteiger partial charge in [-0.25, -0.2) is 4.39 Å². The summed E-state index contributed by atoms with van der Waals surface area (Å²) in [5.41, 5.74) is 4.73. The van der Waals surface area contributed by atoms with Gasteiger partial charge in [0.25, 0.3) is 0 Å². The Kier molecular flexibility index (Phi) is 5.85. The van der Waals surface area contributed by atoms with Crippen molar-refractivity contribution in [2.45, 2.75) is 18.3 Å². The number of ether oxygens (including phenoxy) is 1. The van der Waals surface area contributed by atoms with Crippen LogP contribution in [0.25, 0.3) is 0 Å². The van der Waals surface area contributed by atoms with Crippen LogP contribution in [0.4, 0.5) is 17.6 Å². The number of aliphatic hydroxyl groups is 1. The number of hydrogen-bond donors (Lipinski definition) is 2. The van der Waals surface area contributed by atoms with Crippen molar-refractivity contribution >= 4 is 12.4 Å². The molecule has 0 aliphatic rings. The number of halogens is 5. The lowest BCUT2D eigenvalue weighted by atomic mass is 10.0. The Labute approximate surface area is 107 Å². The zero-order chi connectivity index (χ0) is 13.2. The first-order valence-corrected chi connectivity index (χ1v) is 4.61. The van der Waals surface area contributed by atoms with Crippen LogP contribution in [0.15, 0.2) is 18.2 Å². The predicted molar refractivity (Wildman–Crippen MR) is 59.2 cm³/mol. The summed E-state index contributed by atoms with van der Waals surface area (Å²) in [6.45, 7) is 0. The second-order valence-corrected chi connectivity index (χ2v) is 3.40. The average molecular weight is 290 g/mol. The molecule has 0 spiro atoms. The van der Waals surface area contributed by atoms with Gasteiger partial charge in [-0.15, -0.1) is 12.4 Å². The predicted octanol–water partition coefficient (Wildman–Crippen LogP) is 2.18. The molecule has 0 saturated carbocycles. The van der Waals surface area contributed by atoms with Gasteiger partial charge in [-0.2, -0.15) is 13.2 Å². The molecule has 0 amide bonds. The summed E-state index contributed by atoms with van der Waals surface area (Å²) in [4.78, 5) is 0. The largest absolute Gasteiger partial charge is 0.497 e. The second-order valence-electron chi connectivity index (χ2n) is 3.40. The van der Waals surface area contributed by atoms with E-state index in [9.17, 15) is 17.6 Å². The lowest BCUT2D eigenvalue weighted by molar-refractivity contribution is -0.210. The average Bonchev–Trinajstić information content (AvgIpc) is 2.26. The molecule has 0 aliphatic heterocycles. The van der Waals surface area contributed by atoms with Crippen LogP contribution in [0, 0.1) is 5.82 Å². The van der Waals surface area contributed by atoms with Gasteiger partial charge in [0.05, 0.1) is 13.2 Å². The molecular weight excluding hydrogens is 278 g/mol. The molecule has 8 heteroatoms. The lowest BCUT2D eigenvalue weighted by Crippen LogP contribution is -2.39. The van der Waals surface area contributed by atoms with E-state index >= 15 is 0 Å². The molecule has 3 nitrogen and oxygen atoms in total. The van der Waals surface area contributed by atoms with Crippen LogP contribution in [-0.4, -0.2) is 24.5 Å². The Morgan fingerprint density at radius 2 is 1.89 bits per heavy atom. The van der Waals surface area contributed by atoms with Crippen molar-refractivity contribution in [2.24, 2.45) is 5.73 Å². The number of benzene rings is 1. The summed E-state index contributed by atoms with van der Waals surface area (Å²) in [7, 11) is 1.28. The molecule has 3 N–H and O–H groups in total. The maximum absolute atomic E-state index is 13.3. The molecule has 104 valence electrons. The van der Waals surface area contributed by atoms with E-state index in [1.54, 1.807) is 0 Å². The molecule has 0 bridgehead atoms. The fraction of sp³-hybridized carbons (Fsp3) is 0.400. The third-order valence-corrected chi connectivity index (χ3v) is 2.24. The molecule has 0 fully saturated rings. The Bertz CT molecular complexity index is 400. The fourth-order valence-electron chi connectivity index (χ4n) is 1.28. The van der Waals surface area contributed by atoms with Crippen LogP contribution in [0.5, 0.6) is 5.75 Å². The van der Waals surface area contributed by atoms with E-state index in [1.165, 1.54) is 13.2 Å². The van der Waals surface area contributed by atoms with Crippen LogP contribution in [0.3, 0.4) is 0 Å². The number of aliphatic hydroxyl groups excluding tert-OH is 1. The van der Waals surface area contributed by atoms with Crippen LogP contribution >= 0.6 is 12.4 Å². The summed E-state index contributed by atoms with van der Waals surface area (Å²) in [6.07, 6.45) is -7.74. The standard InChI is InChI=1S/C10H11F4NO2.ClH/c1-17-5-2-3-7(11)6(4-5)8(15)9(16)10(12,13)14;/h2-4,8-9,16H,15H2,1H3;1H/t8-,9-;/m1./s1. The van der Waals surface area contributed by atoms with Crippen molar-refractivity contribution in [3.63, 3.8) is 0 Å². The van der Waals surface area contributed by atoms with Gasteiger partial charge in [0, 0.05) is 5.56 Å². The molecule has 1 aromatic rings. The molecule has 18 heavy (non-hydrogen) atoms. The molecule has 0 heterocycles. The van der Waals surface area contributed by atoms with E-state index in [0.29, 0.717) is 0 Å². The first-order chi connectivity index (χ1) is 7.77. The maximum Gasteiger partial charge on any atom is 0.416 e. The van der Waals surface area contributed by atoms with Gasteiger partial charge < -0.3 is 15.6 Å². The number of alkyl halides is 3. The zero-order valence-electron chi connectivity index (χ0n) is 9.24. The van der Waals surface area contributed by atoms with Gasteiger partial charge in [-0.3, -0.25) is 0 Å². The van der Waals surface area contributed by atoms with E-state index in [1.807, 2.05) is 0 Å². The van der Waals surface area contributed by atoms with Crippen molar-refractivity contribution < 1.29 is 27.4 Å². The van der Waals surface area contributed by atoms with Gasteiger partial charge in [-0.05, 0) is 18.2 Å². The lowest BCUT2D eigenvalue weighted by Gasteiger charge is -2.22. The Morgan fingerprint density at radius 1 is 1.33 bits per heavy atom. The van der Waals surface area contributed by atoms with Crippen molar-refractivity contribution in [1.29, 1.82) is 0 Å². The number of methoxy groups -OCH3 is 1. The minimum atomic E-state index is -4.91. The summed E-state index contributed by atoms with van der Waals surface area (Å²) >= 11 is 0. The maximum atomic E-state index is 13.3. The van der Waals surface area contributed by atoms with Crippen molar-refractivity contribution in [2.75, 3.05) is 7.11 Å². The fourth-order valence-corrected chi connectivity index (χ4v) is 1.28. The normalized spacial score (nSPS) is 14.6. The zero-order valence-corrected chi connectivity index (χ0v) is 10.1. The van der Waals surface area contributed by atoms with Crippen molar-refractivity contribution in [3.05, 3.63) is 29.6 Å². The van der Waals surface area contributed by atoms with Gasteiger partial charge in [-0.1, -0.05) is 0 Å². The highest BCUT2D eigenvalue weighted by molar-refractivity contribution is 5.85. The van der Waals surface area contributed by atoms with E-state index in [-0.39, 0.29) is 18.2 Å². The molecule has 0 saturated heterocycles. The van der Waals surface area contributed by atoms with E-state index < -0.39 is 29.7 Å². The van der Waals surface area contributed by atoms with Crippen LogP contribution in [-0.2, 0) is 0 Å². The SMILES string of the molecule is COc1ccc(F)c([C@@H](N)[C@@H](O)C(F)(F)F)c1.Cl. The van der Waals surface area contributed by atoms with Gasteiger partial charge >= 0.3 is 6.18 Å². The number of rotatable bonds is 3. The Balaban J connectivity index is 0.00000289. The highest BCUT2D eigenvalue weighted by atomic mass is 35.5. The third kappa shape index (κ3) is 3.72. The smallest absolute Gasteiger partial charge is 0.416 e. The molecule has 0 unspecified atom stereocenters. The van der Waals surface area contributed by atoms with Crippen LogP contribution in [0.2, 0.25) is 0 Å². The molecule has 2 atom stereocenters. The van der Waals surface area contributed by atoms with Crippen molar-refractivity contribution in [3.8, 4) is 5.75 Å². The number of hydrogen-bond acceptors (Lipinski definition) is 3. The third-order valence-electron chi connectivity index (χ3n) is 2.24. The first kappa shape index (κ1) is 16.9. The molecule has 0 radical (unpaired) electrons. The van der Waals surface area contributed by atoms with Crippen LogP contribution in [0.1, 0.15) is 11.6 Å². The van der Waals surface area contributed by atoms with Gasteiger partial charge in [0.15, 0.2) is 6.10 Å². The minimum absolute atomic E-state index is 0. The summed E-state index contributed by atoms with van der Waals surface area (Å²) in [5.74, 6) is -0.771. The minimum Gasteiger partial charge on any atom is -0.497 e. The van der Waals surface area contributed by atoms with E-state index in [2.05, 4.69) is 0 Å². The summed E-state index contributed by atoms with van der Waals surface area (Å²) in [6, 6.07) is 1.29. The van der Waals surface area contributed by atoms with E-state index in [0.717, 1.165) is 12.1 Å². The molecule has 0 aromatic heterocycles. The topological polar surface area (TPSA) is 55.5 Å². The van der Waals surface area contributed by atoms with Crippen LogP contribution < -0.4 is 10.5 Å². The highest BCUT2D eigenvalue weighted by Gasteiger charge is 2.43. The quantitative estimate of drug-likeness (QED) is 0.839. The van der Waals surface area contributed by atoms with Gasteiger partial charge in [0.1, 0.15) is 11.6 Å². The molecule has 1 aromatic carbocycles.